The predicted octanol–water partition coefficient (Wildman–Crippen LogP) is 3.18. The van der Waals surface area contributed by atoms with Gasteiger partial charge in [-0.1, -0.05) is 0 Å². The van der Waals surface area contributed by atoms with E-state index in [4.69, 9.17) is 0 Å². The summed E-state index contributed by atoms with van der Waals surface area (Å²) in [6.07, 6.45) is -4.62. The van der Waals surface area contributed by atoms with Crippen molar-refractivity contribution in [2.75, 3.05) is 32.9 Å². The summed E-state index contributed by atoms with van der Waals surface area (Å²) in [6, 6.07) is 1.15. The second-order valence-electron chi connectivity index (χ2n) is 4.69. The SMILES string of the molecule is Cl.FC[C@@H](c1cc(F)ccc1C(F)(F)F)N1CCNCC1. The van der Waals surface area contributed by atoms with Crippen molar-refractivity contribution < 1.29 is 22.0 Å². The molecule has 0 amide bonds. The quantitative estimate of drug-likeness (QED) is 0.856. The van der Waals surface area contributed by atoms with E-state index in [0.29, 0.717) is 32.2 Å². The monoisotopic (exact) mass is 330 g/mol. The summed E-state index contributed by atoms with van der Waals surface area (Å²) in [5.74, 6) is -0.790. The summed E-state index contributed by atoms with van der Waals surface area (Å²) in [5, 5.41) is 3.04. The number of rotatable bonds is 3. The molecule has 120 valence electrons. The fourth-order valence-corrected chi connectivity index (χ4v) is 2.44. The summed E-state index contributed by atoms with van der Waals surface area (Å²) in [4.78, 5) is 1.61. The molecule has 0 unspecified atom stereocenters. The van der Waals surface area contributed by atoms with Crippen molar-refractivity contribution in [1.82, 2.24) is 10.2 Å². The topological polar surface area (TPSA) is 15.3 Å². The maximum absolute atomic E-state index is 13.3. The number of nitrogens with zero attached hydrogens (tertiary/aromatic N) is 1. The minimum atomic E-state index is -4.62. The Labute approximate surface area is 125 Å². The highest BCUT2D eigenvalue weighted by Crippen LogP contribution is 2.37. The number of alkyl halides is 4. The standard InChI is InChI=1S/C13H15F5N2.ClH/c14-8-12(20-5-3-19-4-6-20)10-7-9(15)1-2-11(10)13(16,17)18;/h1-2,7,12,19H,3-6,8H2;1H/t12-;/m0./s1. The zero-order valence-corrected chi connectivity index (χ0v) is 11.9. The molecule has 0 aromatic heterocycles. The molecule has 1 fully saturated rings. The number of benzene rings is 1. The number of hydrogen-bond donors (Lipinski definition) is 1. The maximum atomic E-state index is 13.3. The molecule has 0 bridgehead atoms. The van der Waals surface area contributed by atoms with Crippen LogP contribution in [-0.4, -0.2) is 37.8 Å². The van der Waals surface area contributed by atoms with Gasteiger partial charge in [0.25, 0.3) is 0 Å². The molecule has 0 spiro atoms. The molecule has 1 aromatic carbocycles. The highest BCUT2D eigenvalue weighted by atomic mass is 35.5. The molecule has 8 heteroatoms. The van der Waals surface area contributed by atoms with E-state index in [0.717, 1.165) is 12.1 Å². The Hall–Kier alpha value is -0.920. The van der Waals surface area contributed by atoms with Gasteiger partial charge in [-0.15, -0.1) is 12.4 Å². The third-order valence-electron chi connectivity index (χ3n) is 3.42. The van der Waals surface area contributed by atoms with Crippen LogP contribution in [0.15, 0.2) is 18.2 Å². The van der Waals surface area contributed by atoms with E-state index < -0.39 is 30.3 Å². The Balaban J connectivity index is 0.00000220. The summed E-state index contributed by atoms with van der Waals surface area (Å²) in [7, 11) is 0. The molecule has 0 saturated carbocycles. The molecule has 1 aliphatic heterocycles. The van der Waals surface area contributed by atoms with Gasteiger partial charge < -0.3 is 5.32 Å². The molecule has 1 N–H and O–H groups in total. The van der Waals surface area contributed by atoms with Crippen molar-refractivity contribution in [3.05, 3.63) is 35.1 Å². The van der Waals surface area contributed by atoms with Crippen molar-refractivity contribution in [1.29, 1.82) is 0 Å². The molecule has 1 aromatic rings. The van der Waals surface area contributed by atoms with Crippen LogP contribution in [0.5, 0.6) is 0 Å². The van der Waals surface area contributed by atoms with Gasteiger partial charge in [0.05, 0.1) is 11.6 Å². The van der Waals surface area contributed by atoms with Gasteiger partial charge in [-0.2, -0.15) is 13.2 Å². The van der Waals surface area contributed by atoms with E-state index in [1.54, 1.807) is 4.90 Å². The lowest BCUT2D eigenvalue weighted by atomic mass is 9.98. The molecule has 2 nitrogen and oxygen atoms in total. The molecule has 1 aliphatic rings. The first-order valence-corrected chi connectivity index (χ1v) is 6.31. The van der Waals surface area contributed by atoms with Gasteiger partial charge in [0.2, 0.25) is 0 Å². The first kappa shape index (κ1) is 18.1. The summed E-state index contributed by atoms with van der Waals surface area (Å²) >= 11 is 0. The van der Waals surface area contributed by atoms with Gasteiger partial charge >= 0.3 is 6.18 Å². The second-order valence-corrected chi connectivity index (χ2v) is 4.69. The van der Waals surface area contributed by atoms with Gasteiger partial charge in [-0.3, -0.25) is 4.90 Å². The van der Waals surface area contributed by atoms with Crippen molar-refractivity contribution in [2.24, 2.45) is 0 Å². The summed E-state index contributed by atoms with van der Waals surface area (Å²) < 4.78 is 65.5. The molecule has 1 atom stereocenters. The van der Waals surface area contributed by atoms with Crippen molar-refractivity contribution in [3.8, 4) is 0 Å². The minimum Gasteiger partial charge on any atom is -0.314 e. The molecule has 1 saturated heterocycles. The third kappa shape index (κ3) is 4.28. The Kier molecular flexibility index (Phi) is 6.37. The van der Waals surface area contributed by atoms with E-state index in [-0.39, 0.29) is 18.0 Å². The first-order valence-electron chi connectivity index (χ1n) is 6.31. The zero-order valence-electron chi connectivity index (χ0n) is 11.1. The van der Waals surface area contributed by atoms with Gasteiger partial charge in [0.15, 0.2) is 0 Å². The molecule has 0 aliphatic carbocycles. The lowest BCUT2D eigenvalue weighted by Gasteiger charge is -2.34. The van der Waals surface area contributed by atoms with Crippen molar-refractivity contribution in [2.45, 2.75) is 12.2 Å². The molecular formula is C13H16ClF5N2. The number of hydrogen-bond acceptors (Lipinski definition) is 2. The van der Waals surface area contributed by atoms with E-state index in [1.807, 2.05) is 0 Å². The fourth-order valence-electron chi connectivity index (χ4n) is 2.44. The van der Waals surface area contributed by atoms with Crippen LogP contribution in [0.25, 0.3) is 0 Å². The number of halogens is 6. The van der Waals surface area contributed by atoms with Gasteiger partial charge in [0.1, 0.15) is 12.5 Å². The minimum absolute atomic E-state index is 0. The summed E-state index contributed by atoms with van der Waals surface area (Å²) in [6.45, 7) is 1.04. The molecule has 0 radical (unpaired) electrons. The second kappa shape index (κ2) is 7.38. The predicted molar refractivity (Wildman–Crippen MR) is 71.8 cm³/mol. The van der Waals surface area contributed by atoms with Crippen LogP contribution in [0.1, 0.15) is 17.2 Å². The summed E-state index contributed by atoms with van der Waals surface area (Å²) in [5.41, 5.74) is -1.30. The van der Waals surface area contributed by atoms with Gasteiger partial charge in [-0.05, 0) is 23.8 Å². The van der Waals surface area contributed by atoms with Crippen LogP contribution in [0.4, 0.5) is 22.0 Å². The lowest BCUT2D eigenvalue weighted by Crippen LogP contribution is -2.46. The highest BCUT2D eigenvalue weighted by Gasteiger charge is 2.37. The van der Waals surface area contributed by atoms with Crippen molar-refractivity contribution in [3.63, 3.8) is 0 Å². The number of nitrogens with one attached hydrogen (secondary N) is 1. The first-order chi connectivity index (χ1) is 9.43. The maximum Gasteiger partial charge on any atom is 0.416 e. The van der Waals surface area contributed by atoms with E-state index in [2.05, 4.69) is 5.32 Å². The largest absolute Gasteiger partial charge is 0.416 e. The molecule has 1 heterocycles. The van der Waals surface area contributed by atoms with Crippen molar-refractivity contribution >= 4 is 12.4 Å². The van der Waals surface area contributed by atoms with E-state index >= 15 is 0 Å². The Morgan fingerprint density at radius 1 is 1.19 bits per heavy atom. The van der Waals surface area contributed by atoms with Crippen LogP contribution < -0.4 is 5.32 Å². The van der Waals surface area contributed by atoms with Gasteiger partial charge in [-0.25, -0.2) is 8.78 Å². The van der Waals surface area contributed by atoms with Crippen LogP contribution in [0, 0.1) is 5.82 Å². The molecular weight excluding hydrogens is 315 g/mol. The number of piperazine rings is 1. The van der Waals surface area contributed by atoms with Crippen LogP contribution >= 0.6 is 12.4 Å². The Bertz CT molecular complexity index is 460. The normalized spacial score (nSPS) is 18.1. The van der Waals surface area contributed by atoms with Crippen LogP contribution in [0.3, 0.4) is 0 Å². The highest BCUT2D eigenvalue weighted by molar-refractivity contribution is 5.85. The molecule has 21 heavy (non-hydrogen) atoms. The van der Waals surface area contributed by atoms with E-state index in [1.165, 1.54) is 0 Å². The fraction of sp³-hybridized carbons (Fsp3) is 0.538. The van der Waals surface area contributed by atoms with Gasteiger partial charge in [0, 0.05) is 26.2 Å². The zero-order chi connectivity index (χ0) is 14.8. The van der Waals surface area contributed by atoms with Crippen LogP contribution in [-0.2, 0) is 6.18 Å². The Morgan fingerprint density at radius 2 is 1.81 bits per heavy atom. The van der Waals surface area contributed by atoms with Crippen LogP contribution in [0.2, 0.25) is 0 Å². The Morgan fingerprint density at radius 3 is 2.33 bits per heavy atom. The lowest BCUT2D eigenvalue weighted by molar-refractivity contribution is -0.138. The average Bonchev–Trinajstić information content (AvgIpc) is 2.39. The smallest absolute Gasteiger partial charge is 0.314 e. The van der Waals surface area contributed by atoms with E-state index in [9.17, 15) is 22.0 Å². The molecule has 2 rings (SSSR count). The third-order valence-corrected chi connectivity index (χ3v) is 3.42. The average molecular weight is 331 g/mol.